The van der Waals surface area contributed by atoms with Gasteiger partial charge in [0.1, 0.15) is 0 Å². The number of benzene rings is 1. The molecular weight excluding hydrogens is 224 g/mol. The van der Waals surface area contributed by atoms with Gasteiger partial charge < -0.3 is 15.0 Å². The van der Waals surface area contributed by atoms with E-state index in [0.717, 1.165) is 17.8 Å². The molecule has 0 radical (unpaired) electrons. The van der Waals surface area contributed by atoms with Crippen molar-refractivity contribution in [1.29, 1.82) is 0 Å². The van der Waals surface area contributed by atoms with Gasteiger partial charge in [0.2, 0.25) is 0 Å². The van der Waals surface area contributed by atoms with Crippen LogP contribution in [0.2, 0.25) is 0 Å². The van der Waals surface area contributed by atoms with Crippen LogP contribution in [0.15, 0.2) is 30.3 Å². The van der Waals surface area contributed by atoms with Crippen molar-refractivity contribution in [3.05, 3.63) is 52.8 Å². The topological polar surface area (TPSA) is 37.2 Å². The largest absolute Gasteiger partial charge is 0.392 e. The summed E-state index contributed by atoms with van der Waals surface area (Å²) in [6.07, 6.45) is 0. The van der Waals surface area contributed by atoms with Gasteiger partial charge in [-0.15, -0.1) is 0 Å². The summed E-state index contributed by atoms with van der Waals surface area (Å²) in [5.74, 6) is 0. The van der Waals surface area contributed by atoms with E-state index in [0.29, 0.717) is 0 Å². The lowest BCUT2D eigenvalue weighted by Gasteiger charge is -2.08. The predicted octanol–water partition coefficient (Wildman–Crippen LogP) is 2.75. The normalized spacial score (nSPS) is 10.7. The van der Waals surface area contributed by atoms with E-state index in [1.54, 1.807) is 0 Å². The summed E-state index contributed by atoms with van der Waals surface area (Å²) in [6.45, 7) is 5.14. The molecule has 3 nitrogen and oxygen atoms in total. The lowest BCUT2D eigenvalue weighted by Crippen LogP contribution is -2.01. The van der Waals surface area contributed by atoms with Gasteiger partial charge in [-0.3, -0.25) is 0 Å². The highest BCUT2D eigenvalue weighted by atomic mass is 16.3. The molecule has 2 rings (SSSR count). The Balaban J connectivity index is 2.09. The van der Waals surface area contributed by atoms with E-state index in [1.165, 1.54) is 17.0 Å². The van der Waals surface area contributed by atoms with E-state index in [1.807, 2.05) is 24.3 Å². The number of anilines is 1. The first-order valence-electron chi connectivity index (χ1n) is 6.17. The van der Waals surface area contributed by atoms with Crippen LogP contribution in [0.3, 0.4) is 0 Å². The van der Waals surface area contributed by atoms with Gasteiger partial charge in [-0.05, 0) is 43.2 Å². The van der Waals surface area contributed by atoms with Gasteiger partial charge >= 0.3 is 0 Å². The van der Waals surface area contributed by atoms with Gasteiger partial charge in [0, 0.05) is 30.7 Å². The van der Waals surface area contributed by atoms with Crippen molar-refractivity contribution in [2.45, 2.75) is 27.0 Å². The first-order valence-corrected chi connectivity index (χ1v) is 6.17. The zero-order chi connectivity index (χ0) is 13.1. The highest BCUT2D eigenvalue weighted by molar-refractivity contribution is 5.46. The van der Waals surface area contributed by atoms with E-state index in [9.17, 15) is 0 Å². The van der Waals surface area contributed by atoms with E-state index in [2.05, 4.69) is 36.8 Å². The SMILES string of the molecule is Cc1cc(CNc2cccc(CO)c2)c(C)n1C. The Kier molecular flexibility index (Phi) is 3.72. The van der Waals surface area contributed by atoms with Crippen molar-refractivity contribution in [1.82, 2.24) is 4.57 Å². The van der Waals surface area contributed by atoms with Crippen LogP contribution in [0.25, 0.3) is 0 Å². The number of aryl methyl sites for hydroxylation is 1. The molecule has 0 aliphatic rings. The molecule has 0 saturated heterocycles. The molecule has 2 N–H and O–H groups in total. The number of nitrogens with zero attached hydrogens (tertiary/aromatic N) is 1. The van der Waals surface area contributed by atoms with Crippen molar-refractivity contribution in [2.75, 3.05) is 5.32 Å². The van der Waals surface area contributed by atoms with Crippen molar-refractivity contribution in [3.8, 4) is 0 Å². The molecule has 0 fully saturated rings. The Hall–Kier alpha value is -1.74. The number of hydrogen-bond donors (Lipinski definition) is 2. The summed E-state index contributed by atoms with van der Waals surface area (Å²) in [5.41, 5.74) is 5.85. The summed E-state index contributed by atoms with van der Waals surface area (Å²) >= 11 is 0. The minimum atomic E-state index is 0.0823. The van der Waals surface area contributed by atoms with Crippen LogP contribution in [0.4, 0.5) is 5.69 Å². The van der Waals surface area contributed by atoms with E-state index in [4.69, 9.17) is 5.11 Å². The number of rotatable bonds is 4. The minimum Gasteiger partial charge on any atom is -0.392 e. The van der Waals surface area contributed by atoms with Crippen LogP contribution in [-0.4, -0.2) is 9.67 Å². The van der Waals surface area contributed by atoms with Crippen LogP contribution in [0.1, 0.15) is 22.5 Å². The third-order valence-corrected chi connectivity index (χ3v) is 3.47. The van der Waals surface area contributed by atoms with Crippen LogP contribution in [0, 0.1) is 13.8 Å². The van der Waals surface area contributed by atoms with Gasteiger partial charge in [-0.2, -0.15) is 0 Å². The minimum absolute atomic E-state index is 0.0823. The molecule has 0 aliphatic carbocycles. The average molecular weight is 244 g/mol. The second-order valence-corrected chi connectivity index (χ2v) is 4.67. The van der Waals surface area contributed by atoms with Gasteiger partial charge in [0.15, 0.2) is 0 Å². The van der Waals surface area contributed by atoms with Gasteiger partial charge in [0.05, 0.1) is 6.61 Å². The van der Waals surface area contributed by atoms with Crippen LogP contribution in [0.5, 0.6) is 0 Å². The van der Waals surface area contributed by atoms with Crippen molar-refractivity contribution >= 4 is 5.69 Å². The lowest BCUT2D eigenvalue weighted by atomic mass is 10.2. The van der Waals surface area contributed by atoms with Crippen molar-refractivity contribution < 1.29 is 5.11 Å². The van der Waals surface area contributed by atoms with Crippen LogP contribution < -0.4 is 5.32 Å². The first-order chi connectivity index (χ1) is 8.61. The fourth-order valence-electron chi connectivity index (χ4n) is 2.09. The lowest BCUT2D eigenvalue weighted by molar-refractivity contribution is 0.282. The molecule has 1 aromatic carbocycles. The maximum Gasteiger partial charge on any atom is 0.0682 e. The number of nitrogens with one attached hydrogen (secondary N) is 1. The molecule has 1 heterocycles. The van der Waals surface area contributed by atoms with E-state index < -0.39 is 0 Å². The highest BCUT2D eigenvalue weighted by Gasteiger charge is 2.05. The molecular formula is C15H20N2O. The molecule has 0 amide bonds. The molecule has 0 bridgehead atoms. The first kappa shape index (κ1) is 12.7. The second-order valence-electron chi connectivity index (χ2n) is 4.67. The third kappa shape index (κ3) is 2.57. The van der Waals surface area contributed by atoms with Crippen LogP contribution >= 0.6 is 0 Å². The fraction of sp³-hybridized carbons (Fsp3) is 0.333. The Morgan fingerprint density at radius 1 is 1.22 bits per heavy atom. The zero-order valence-electron chi connectivity index (χ0n) is 11.2. The number of hydrogen-bond acceptors (Lipinski definition) is 2. The van der Waals surface area contributed by atoms with Gasteiger partial charge in [-0.25, -0.2) is 0 Å². The smallest absolute Gasteiger partial charge is 0.0682 e. The Morgan fingerprint density at radius 3 is 2.61 bits per heavy atom. The summed E-state index contributed by atoms with van der Waals surface area (Å²) in [7, 11) is 2.08. The monoisotopic (exact) mass is 244 g/mol. The molecule has 1 aromatic heterocycles. The molecule has 3 heteroatoms. The van der Waals surface area contributed by atoms with E-state index >= 15 is 0 Å². The second kappa shape index (κ2) is 5.27. The fourth-order valence-corrected chi connectivity index (χ4v) is 2.09. The average Bonchev–Trinajstić information content (AvgIpc) is 2.64. The Labute approximate surface area is 108 Å². The molecule has 96 valence electrons. The molecule has 0 unspecified atom stereocenters. The number of aromatic nitrogens is 1. The standard InChI is InChI=1S/C15H20N2O/c1-11-7-14(12(2)17(11)3)9-16-15-6-4-5-13(8-15)10-18/h4-8,16,18H,9-10H2,1-3H3. The summed E-state index contributed by atoms with van der Waals surface area (Å²) in [6, 6.07) is 10.1. The highest BCUT2D eigenvalue weighted by Crippen LogP contribution is 2.16. The van der Waals surface area contributed by atoms with Crippen molar-refractivity contribution in [3.63, 3.8) is 0 Å². The van der Waals surface area contributed by atoms with Crippen LogP contribution in [-0.2, 0) is 20.2 Å². The predicted molar refractivity (Wildman–Crippen MR) is 74.6 cm³/mol. The van der Waals surface area contributed by atoms with Gasteiger partial charge in [0.25, 0.3) is 0 Å². The third-order valence-electron chi connectivity index (χ3n) is 3.47. The zero-order valence-corrected chi connectivity index (χ0v) is 11.2. The molecule has 0 spiro atoms. The quantitative estimate of drug-likeness (QED) is 0.867. The molecule has 0 aliphatic heterocycles. The van der Waals surface area contributed by atoms with E-state index in [-0.39, 0.29) is 6.61 Å². The molecule has 2 aromatic rings. The molecule has 0 atom stereocenters. The summed E-state index contributed by atoms with van der Waals surface area (Å²) in [4.78, 5) is 0. The number of aliphatic hydroxyl groups is 1. The summed E-state index contributed by atoms with van der Waals surface area (Å²) in [5, 5.41) is 12.5. The van der Waals surface area contributed by atoms with Crippen molar-refractivity contribution in [2.24, 2.45) is 7.05 Å². The molecule has 18 heavy (non-hydrogen) atoms. The Morgan fingerprint density at radius 2 is 2.00 bits per heavy atom. The maximum atomic E-state index is 9.10. The van der Waals surface area contributed by atoms with Gasteiger partial charge in [-0.1, -0.05) is 12.1 Å². The molecule has 0 saturated carbocycles. The summed E-state index contributed by atoms with van der Waals surface area (Å²) < 4.78 is 2.20. The number of aliphatic hydroxyl groups excluding tert-OH is 1. The Bertz CT molecular complexity index is 543. The maximum absolute atomic E-state index is 9.10.